The van der Waals surface area contributed by atoms with Crippen molar-refractivity contribution < 1.29 is 0 Å². The number of rotatable bonds is 4. The number of hydrogen-bond acceptors (Lipinski definition) is 5. The predicted octanol–water partition coefficient (Wildman–Crippen LogP) is 3.65. The minimum Gasteiger partial charge on any atom is -0.367 e. The van der Waals surface area contributed by atoms with Gasteiger partial charge in [-0.3, -0.25) is 0 Å². The number of hydrogen-bond donors (Lipinski definition) is 2. The Kier molecular flexibility index (Phi) is 3.55. The lowest BCUT2D eigenvalue weighted by molar-refractivity contribution is 0.752. The summed E-state index contributed by atoms with van der Waals surface area (Å²) in [5.41, 5.74) is 0. The van der Waals surface area contributed by atoms with Crippen molar-refractivity contribution in [2.75, 3.05) is 17.7 Å². The van der Waals surface area contributed by atoms with E-state index in [1.54, 1.807) is 11.3 Å². The monoisotopic (exact) mass is 276 g/mol. The van der Waals surface area contributed by atoms with Gasteiger partial charge in [-0.1, -0.05) is 19.8 Å². The van der Waals surface area contributed by atoms with Crippen LogP contribution in [0.2, 0.25) is 0 Å². The summed E-state index contributed by atoms with van der Waals surface area (Å²) in [5.74, 6) is 1.70. The molecular weight excluding hydrogens is 256 g/mol. The molecule has 2 heterocycles. The van der Waals surface area contributed by atoms with Crippen molar-refractivity contribution in [2.45, 2.75) is 45.1 Å². The van der Waals surface area contributed by atoms with E-state index in [4.69, 9.17) is 0 Å². The van der Waals surface area contributed by atoms with E-state index in [1.165, 1.54) is 35.9 Å². The Hall–Kier alpha value is -1.36. The normalized spacial score (nSPS) is 16.1. The molecule has 0 spiro atoms. The Morgan fingerprint density at radius 3 is 2.79 bits per heavy atom. The quantitative estimate of drug-likeness (QED) is 0.895. The van der Waals surface area contributed by atoms with Crippen LogP contribution in [-0.4, -0.2) is 23.1 Å². The predicted molar refractivity (Wildman–Crippen MR) is 82.2 cm³/mol. The Morgan fingerprint density at radius 1 is 1.32 bits per heavy atom. The van der Waals surface area contributed by atoms with E-state index in [9.17, 15) is 0 Å². The first-order valence-electron chi connectivity index (χ1n) is 7.05. The zero-order valence-electron chi connectivity index (χ0n) is 11.5. The highest BCUT2D eigenvalue weighted by Crippen LogP contribution is 2.32. The molecular formula is C14H20N4S. The average Bonchev–Trinajstić information content (AvgIpc) is 3.06. The van der Waals surface area contributed by atoms with Crippen molar-refractivity contribution in [3.8, 4) is 0 Å². The lowest BCUT2D eigenvalue weighted by Crippen LogP contribution is -2.16. The van der Waals surface area contributed by atoms with Crippen LogP contribution in [0.4, 0.5) is 11.8 Å². The minimum atomic E-state index is 0.577. The summed E-state index contributed by atoms with van der Waals surface area (Å²) in [4.78, 5) is 11.6. The lowest BCUT2D eigenvalue weighted by Gasteiger charge is -2.14. The van der Waals surface area contributed by atoms with Gasteiger partial charge in [-0.2, -0.15) is 4.98 Å². The summed E-state index contributed by atoms with van der Waals surface area (Å²) in [6.45, 7) is 2.18. The molecule has 19 heavy (non-hydrogen) atoms. The summed E-state index contributed by atoms with van der Waals surface area (Å²) < 4.78 is 0. The first-order valence-corrected chi connectivity index (χ1v) is 7.86. The molecule has 0 bridgehead atoms. The number of thiophene rings is 1. The largest absolute Gasteiger partial charge is 0.367 e. The fourth-order valence-corrected chi connectivity index (χ4v) is 3.60. The van der Waals surface area contributed by atoms with Crippen LogP contribution in [0.25, 0.3) is 10.2 Å². The molecule has 1 saturated carbocycles. The van der Waals surface area contributed by atoms with Crippen molar-refractivity contribution in [3.63, 3.8) is 0 Å². The lowest BCUT2D eigenvalue weighted by atomic mass is 10.2. The van der Waals surface area contributed by atoms with Crippen LogP contribution in [0.3, 0.4) is 0 Å². The smallest absolute Gasteiger partial charge is 0.225 e. The van der Waals surface area contributed by atoms with E-state index in [1.807, 2.05) is 7.05 Å². The van der Waals surface area contributed by atoms with E-state index >= 15 is 0 Å². The van der Waals surface area contributed by atoms with Crippen LogP contribution in [0.1, 0.15) is 37.5 Å². The summed E-state index contributed by atoms with van der Waals surface area (Å²) in [6, 6.07) is 2.81. The van der Waals surface area contributed by atoms with Gasteiger partial charge in [0.25, 0.3) is 0 Å². The van der Waals surface area contributed by atoms with Crippen molar-refractivity contribution >= 4 is 33.3 Å². The van der Waals surface area contributed by atoms with Gasteiger partial charge in [0.05, 0.1) is 5.39 Å². The van der Waals surface area contributed by atoms with Gasteiger partial charge < -0.3 is 10.6 Å². The average molecular weight is 276 g/mol. The zero-order chi connectivity index (χ0) is 13.2. The van der Waals surface area contributed by atoms with Crippen LogP contribution in [0.5, 0.6) is 0 Å². The number of nitrogens with zero attached hydrogens (tertiary/aromatic N) is 2. The van der Waals surface area contributed by atoms with E-state index in [2.05, 4.69) is 33.6 Å². The molecule has 4 nitrogen and oxygen atoms in total. The van der Waals surface area contributed by atoms with Gasteiger partial charge in [-0.15, -0.1) is 11.3 Å². The molecule has 102 valence electrons. The molecule has 0 radical (unpaired) electrons. The number of nitrogens with one attached hydrogen (secondary N) is 2. The van der Waals surface area contributed by atoms with Crippen LogP contribution in [-0.2, 0) is 6.42 Å². The van der Waals surface area contributed by atoms with Gasteiger partial charge in [0.15, 0.2) is 0 Å². The molecule has 2 aromatic heterocycles. The molecule has 1 fully saturated rings. The number of anilines is 2. The highest BCUT2D eigenvalue weighted by Gasteiger charge is 2.18. The summed E-state index contributed by atoms with van der Waals surface area (Å²) in [6.07, 6.45) is 6.22. The van der Waals surface area contributed by atoms with E-state index in [0.717, 1.165) is 17.1 Å². The molecule has 2 N–H and O–H groups in total. The van der Waals surface area contributed by atoms with Crippen molar-refractivity contribution in [1.82, 2.24) is 9.97 Å². The standard InChI is InChI=1S/C14H20N4S/c1-3-10-8-11-12(16-9-6-4-5-7-9)17-14(15-2)18-13(11)19-10/h8-9H,3-7H2,1-2H3,(H2,15,16,17,18). The Balaban J connectivity index is 2.01. The zero-order valence-corrected chi connectivity index (χ0v) is 12.3. The second kappa shape index (κ2) is 5.33. The van der Waals surface area contributed by atoms with Crippen LogP contribution >= 0.6 is 11.3 Å². The van der Waals surface area contributed by atoms with E-state index < -0.39 is 0 Å². The molecule has 0 amide bonds. The second-order valence-electron chi connectivity index (χ2n) is 5.06. The molecule has 0 aromatic carbocycles. The van der Waals surface area contributed by atoms with Gasteiger partial charge in [-0.05, 0) is 25.3 Å². The topological polar surface area (TPSA) is 49.8 Å². The molecule has 1 aliphatic carbocycles. The maximum Gasteiger partial charge on any atom is 0.225 e. The maximum absolute atomic E-state index is 4.60. The minimum absolute atomic E-state index is 0.577. The van der Waals surface area contributed by atoms with Crippen LogP contribution in [0.15, 0.2) is 6.07 Å². The van der Waals surface area contributed by atoms with Crippen LogP contribution < -0.4 is 10.6 Å². The highest BCUT2D eigenvalue weighted by atomic mass is 32.1. The molecule has 2 aromatic rings. The molecule has 5 heteroatoms. The maximum atomic E-state index is 4.60. The molecule has 0 atom stereocenters. The molecule has 0 saturated heterocycles. The van der Waals surface area contributed by atoms with Gasteiger partial charge in [-0.25, -0.2) is 4.98 Å². The van der Waals surface area contributed by atoms with Crippen molar-refractivity contribution in [2.24, 2.45) is 0 Å². The summed E-state index contributed by atoms with van der Waals surface area (Å²) in [7, 11) is 1.87. The molecule has 0 unspecified atom stereocenters. The van der Waals surface area contributed by atoms with E-state index in [0.29, 0.717) is 12.0 Å². The first-order chi connectivity index (χ1) is 9.30. The van der Waals surface area contributed by atoms with Crippen molar-refractivity contribution in [3.05, 3.63) is 10.9 Å². The molecule has 1 aliphatic rings. The summed E-state index contributed by atoms with van der Waals surface area (Å²) >= 11 is 1.77. The third kappa shape index (κ3) is 2.52. The fraction of sp³-hybridized carbons (Fsp3) is 0.571. The van der Waals surface area contributed by atoms with Gasteiger partial charge in [0.2, 0.25) is 5.95 Å². The van der Waals surface area contributed by atoms with Crippen molar-refractivity contribution in [1.29, 1.82) is 0 Å². The number of fused-ring (bicyclic) bond motifs is 1. The molecule has 3 rings (SSSR count). The third-order valence-corrected chi connectivity index (χ3v) is 4.89. The SMILES string of the molecule is CCc1cc2c(NC3CCCC3)nc(NC)nc2s1. The number of aryl methyl sites for hydroxylation is 1. The fourth-order valence-electron chi connectivity index (χ4n) is 2.63. The highest BCUT2D eigenvalue weighted by molar-refractivity contribution is 7.18. The Labute approximate surface area is 117 Å². The first kappa shape index (κ1) is 12.7. The summed E-state index contributed by atoms with van der Waals surface area (Å²) in [5, 5.41) is 7.84. The van der Waals surface area contributed by atoms with Gasteiger partial charge in [0, 0.05) is 18.0 Å². The third-order valence-electron chi connectivity index (χ3n) is 3.71. The number of aromatic nitrogens is 2. The Morgan fingerprint density at radius 2 is 2.11 bits per heavy atom. The van der Waals surface area contributed by atoms with Crippen LogP contribution in [0, 0.1) is 0 Å². The van der Waals surface area contributed by atoms with E-state index in [-0.39, 0.29) is 0 Å². The second-order valence-corrected chi connectivity index (χ2v) is 6.17. The van der Waals surface area contributed by atoms with Gasteiger partial charge in [0.1, 0.15) is 10.6 Å². The molecule has 0 aliphatic heterocycles. The van der Waals surface area contributed by atoms with Gasteiger partial charge >= 0.3 is 0 Å². The Bertz CT molecular complexity index is 572.